The molecule has 7 heteroatoms. The molecule has 0 aliphatic heterocycles. The summed E-state index contributed by atoms with van der Waals surface area (Å²) < 4.78 is 0.939. The third-order valence-corrected chi connectivity index (χ3v) is 7.35. The summed E-state index contributed by atoms with van der Waals surface area (Å²) in [6, 6.07) is 24.7. The van der Waals surface area contributed by atoms with Crippen molar-refractivity contribution >= 4 is 51.1 Å². The Morgan fingerprint density at radius 2 is 1.67 bits per heavy atom. The van der Waals surface area contributed by atoms with Crippen LogP contribution >= 0.6 is 39.3 Å². The molecule has 4 nitrogen and oxygen atoms in total. The molecule has 1 N–H and O–H groups in total. The summed E-state index contributed by atoms with van der Waals surface area (Å²) in [4.78, 5) is 29.9. The molecule has 0 radical (unpaired) electrons. The van der Waals surface area contributed by atoms with E-state index < -0.39 is 6.04 Å². The molecule has 3 aromatic rings. The van der Waals surface area contributed by atoms with E-state index in [1.54, 1.807) is 16.7 Å². The summed E-state index contributed by atoms with van der Waals surface area (Å²) in [6.07, 6.45) is 0.777. The molecule has 0 aliphatic rings. The second-order valence-corrected chi connectivity index (χ2v) is 11.6. The van der Waals surface area contributed by atoms with Crippen LogP contribution in [0.2, 0.25) is 5.02 Å². The van der Waals surface area contributed by atoms with E-state index in [1.807, 2.05) is 78.9 Å². The molecule has 36 heavy (non-hydrogen) atoms. The van der Waals surface area contributed by atoms with Gasteiger partial charge in [0.15, 0.2) is 0 Å². The standard InChI is InChI=1S/C29H32BrClN2O2S/c1-21(2)19-32-29(35)27(18-22-7-4-3-5-8-22)33(20-23-9-6-10-24(30)17-23)28(34)15-16-36-26-13-11-25(31)12-14-26/h3-14,17,21,27H,15-16,18-20H2,1-2H3,(H,32,35). The van der Waals surface area contributed by atoms with Crippen LogP contribution in [-0.4, -0.2) is 35.1 Å². The SMILES string of the molecule is CC(C)CNC(=O)C(Cc1ccccc1)N(Cc1cccc(Br)c1)C(=O)CCSc1ccc(Cl)cc1. The molecule has 190 valence electrons. The van der Waals surface area contributed by atoms with Crippen LogP contribution in [0.4, 0.5) is 0 Å². The highest BCUT2D eigenvalue weighted by atomic mass is 79.9. The van der Waals surface area contributed by atoms with Crippen molar-refractivity contribution in [2.24, 2.45) is 5.92 Å². The third-order valence-electron chi connectivity index (χ3n) is 5.60. The van der Waals surface area contributed by atoms with Crippen LogP contribution < -0.4 is 5.32 Å². The zero-order valence-electron chi connectivity index (χ0n) is 20.6. The predicted octanol–water partition coefficient (Wildman–Crippen LogP) is 7.00. The van der Waals surface area contributed by atoms with E-state index >= 15 is 0 Å². The minimum atomic E-state index is -0.613. The zero-order chi connectivity index (χ0) is 25.9. The Hall–Kier alpha value is -2.28. The number of nitrogens with one attached hydrogen (secondary N) is 1. The van der Waals surface area contributed by atoms with Crippen LogP contribution in [0.15, 0.2) is 88.2 Å². The van der Waals surface area contributed by atoms with Gasteiger partial charge in [0.25, 0.3) is 0 Å². The van der Waals surface area contributed by atoms with E-state index in [0.717, 1.165) is 20.5 Å². The van der Waals surface area contributed by atoms with Crippen molar-refractivity contribution < 1.29 is 9.59 Å². The number of carbonyl (C=O) groups excluding carboxylic acids is 2. The Labute approximate surface area is 231 Å². The summed E-state index contributed by atoms with van der Waals surface area (Å²) >= 11 is 11.1. The van der Waals surface area contributed by atoms with Crippen LogP contribution in [0.25, 0.3) is 0 Å². The molecule has 0 bridgehead atoms. The number of amides is 2. The Morgan fingerprint density at radius 3 is 2.33 bits per heavy atom. The summed E-state index contributed by atoms with van der Waals surface area (Å²) in [5.41, 5.74) is 1.99. The molecule has 1 unspecified atom stereocenters. The maximum Gasteiger partial charge on any atom is 0.243 e. The minimum absolute atomic E-state index is 0.0444. The summed E-state index contributed by atoms with van der Waals surface area (Å²) in [5, 5.41) is 3.75. The number of rotatable bonds is 12. The van der Waals surface area contributed by atoms with E-state index in [0.29, 0.717) is 42.6 Å². The number of carbonyl (C=O) groups is 2. The largest absolute Gasteiger partial charge is 0.354 e. The lowest BCUT2D eigenvalue weighted by molar-refractivity contribution is -0.141. The maximum absolute atomic E-state index is 13.7. The second kappa shape index (κ2) is 14.5. The predicted molar refractivity (Wildman–Crippen MR) is 153 cm³/mol. The first-order chi connectivity index (χ1) is 17.3. The van der Waals surface area contributed by atoms with Gasteiger partial charge >= 0.3 is 0 Å². The first-order valence-electron chi connectivity index (χ1n) is 12.1. The van der Waals surface area contributed by atoms with Gasteiger partial charge in [-0.1, -0.05) is 83.8 Å². The highest BCUT2D eigenvalue weighted by Crippen LogP contribution is 2.23. The monoisotopic (exact) mass is 586 g/mol. The third kappa shape index (κ3) is 9.30. The first-order valence-corrected chi connectivity index (χ1v) is 14.2. The molecule has 0 aromatic heterocycles. The normalized spacial score (nSPS) is 11.8. The van der Waals surface area contributed by atoms with Gasteiger partial charge in [-0.15, -0.1) is 11.8 Å². The van der Waals surface area contributed by atoms with Crippen LogP contribution in [0, 0.1) is 5.92 Å². The van der Waals surface area contributed by atoms with Crippen LogP contribution in [0.3, 0.4) is 0 Å². The molecule has 2 amide bonds. The van der Waals surface area contributed by atoms with Crippen molar-refractivity contribution in [2.45, 2.75) is 44.2 Å². The van der Waals surface area contributed by atoms with Gasteiger partial charge in [-0.25, -0.2) is 0 Å². The Morgan fingerprint density at radius 1 is 0.972 bits per heavy atom. The smallest absolute Gasteiger partial charge is 0.243 e. The maximum atomic E-state index is 13.7. The minimum Gasteiger partial charge on any atom is -0.354 e. The van der Waals surface area contributed by atoms with Gasteiger partial charge in [0.1, 0.15) is 6.04 Å². The number of thioether (sulfide) groups is 1. The lowest BCUT2D eigenvalue weighted by atomic mass is 10.0. The molecule has 3 rings (SSSR count). The number of nitrogens with zero attached hydrogens (tertiary/aromatic N) is 1. The van der Waals surface area contributed by atoms with Gasteiger partial charge in [0.2, 0.25) is 11.8 Å². The fourth-order valence-electron chi connectivity index (χ4n) is 3.74. The second-order valence-electron chi connectivity index (χ2n) is 9.05. The van der Waals surface area contributed by atoms with Crippen molar-refractivity contribution in [2.75, 3.05) is 12.3 Å². The van der Waals surface area contributed by atoms with Crippen molar-refractivity contribution in [1.82, 2.24) is 10.2 Å². The van der Waals surface area contributed by atoms with E-state index in [9.17, 15) is 9.59 Å². The van der Waals surface area contributed by atoms with Gasteiger partial charge in [-0.05, 0) is 53.4 Å². The van der Waals surface area contributed by atoms with Gasteiger partial charge in [-0.2, -0.15) is 0 Å². The number of benzene rings is 3. The molecule has 0 heterocycles. The molecule has 0 saturated carbocycles. The average molecular weight is 588 g/mol. The molecule has 0 spiro atoms. The highest BCUT2D eigenvalue weighted by Gasteiger charge is 2.30. The van der Waals surface area contributed by atoms with Crippen LogP contribution in [-0.2, 0) is 22.6 Å². The molecule has 0 saturated heterocycles. The Kier molecular flexibility index (Phi) is 11.4. The van der Waals surface area contributed by atoms with Crippen LogP contribution in [0.5, 0.6) is 0 Å². The van der Waals surface area contributed by atoms with E-state index in [-0.39, 0.29) is 11.8 Å². The van der Waals surface area contributed by atoms with Crippen molar-refractivity contribution in [3.05, 3.63) is 99.5 Å². The molecule has 3 aromatic carbocycles. The molecule has 1 atom stereocenters. The van der Waals surface area contributed by atoms with Crippen LogP contribution in [0.1, 0.15) is 31.4 Å². The van der Waals surface area contributed by atoms with Crippen molar-refractivity contribution in [3.63, 3.8) is 0 Å². The van der Waals surface area contributed by atoms with Crippen molar-refractivity contribution in [3.8, 4) is 0 Å². The number of hydrogen-bond donors (Lipinski definition) is 1. The number of hydrogen-bond acceptors (Lipinski definition) is 3. The lowest BCUT2D eigenvalue weighted by Gasteiger charge is -2.32. The van der Waals surface area contributed by atoms with Crippen molar-refractivity contribution in [1.29, 1.82) is 0 Å². The summed E-state index contributed by atoms with van der Waals surface area (Å²) in [5.74, 6) is 0.760. The summed E-state index contributed by atoms with van der Waals surface area (Å²) in [7, 11) is 0. The van der Waals surface area contributed by atoms with Gasteiger partial charge in [0, 0.05) is 46.1 Å². The van der Waals surface area contributed by atoms with E-state index in [1.165, 1.54) is 0 Å². The topological polar surface area (TPSA) is 49.4 Å². The molecular formula is C29H32BrClN2O2S. The van der Waals surface area contributed by atoms with E-state index in [4.69, 9.17) is 11.6 Å². The molecular weight excluding hydrogens is 556 g/mol. The quantitative estimate of drug-likeness (QED) is 0.232. The Bertz CT molecular complexity index is 1130. The Balaban J connectivity index is 1.83. The first kappa shape index (κ1) is 28.3. The molecule has 0 aliphatic carbocycles. The summed E-state index contributed by atoms with van der Waals surface area (Å²) in [6.45, 7) is 5.04. The van der Waals surface area contributed by atoms with Gasteiger partial charge < -0.3 is 10.2 Å². The van der Waals surface area contributed by atoms with Gasteiger partial charge in [-0.3, -0.25) is 9.59 Å². The lowest BCUT2D eigenvalue weighted by Crippen LogP contribution is -2.51. The van der Waals surface area contributed by atoms with Gasteiger partial charge in [0.05, 0.1) is 0 Å². The fourth-order valence-corrected chi connectivity index (χ4v) is 5.15. The zero-order valence-corrected chi connectivity index (χ0v) is 23.8. The molecule has 0 fully saturated rings. The highest BCUT2D eigenvalue weighted by molar-refractivity contribution is 9.10. The van der Waals surface area contributed by atoms with E-state index in [2.05, 4.69) is 35.1 Å². The average Bonchev–Trinajstić information content (AvgIpc) is 2.86. The number of halogens is 2. The fraction of sp³-hybridized carbons (Fsp3) is 0.310.